The van der Waals surface area contributed by atoms with Crippen LogP contribution in [0.3, 0.4) is 0 Å². The number of aryl methyl sites for hydroxylation is 4. The maximum absolute atomic E-state index is 5.41. The molecule has 0 N–H and O–H groups in total. The number of thiophene rings is 2. The third-order valence-corrected chi connectivity index (χ3v) is 13.2. The second-order valence-corrected chi connectivity index (χ2v) is 17.9. The highest BCUT2D eigenvalue weighted by Crippen LogP contribution is 2.39. The molecule has 0 amide bonds. The largest absolute Gasteiger partial charge is 0.225 e. The summed E-state index contributed by atoms with van der Waals surface area (Å²) in [5, 5.41) is 0. The van der Waals surface area contributed by atoms with Crippen LogP contribution in [0, 0.1) is 13.8 Å². The lowest BCUT2D eigenvalue weighted by Gasteiger charge is -2.16. The van der Waals surface area contributed by atoms with Gasteiger partial charge in [0.25, 0.3) is 0 Å². The average Bonchev–Trinajstić information content (AvgIpc) is 3.94. The van der Waals surface area contributed by atoms with Gasteiger partial charge in [-0.2, -0.15) is 0 Å². The monoisotopic (exact) mass is 803 g/mol. The predicted octanol–water partition coefficient (Wildman–Crippen LogP) is 15.2. The van der Waals surface area contributed by atoms with E-state index in [9.17, 15) is 0 Å². The predicted molar refractivity (Wildman–Crippen MR) is 247 cm³/mol. The number of unbranched alkanes of at least 4 members (excludes halogenated alkanes) is 10. The van der Waals surface area contributed by atoms with Gasteiger partial charge in [0.1, 0.15) is 0 Å². The van der Waals surface area contributed by atoms with Gasteiger partial charge in [0.05, 0.1) is 16.3 Å². The van der Waals surface area contributed by atoms with E-state index < -0.39 is 0 Å². The van der Waals surface area contributed by atoms with Crippen LogP contribution >= 0.6 is 22.7 Å². The second-order valence-electron chi connectivity index (χ2n) is 15.5. The molecule has 0 spiro atoms. The molecule has 0 saturated carbocycles. The van der Waals surface area contributed by atoms with E-state index in [1.807, 2.05) is 72.0 Å². The van der Waals surface area contributed by atoms with E-state index in [2.05, 4.69) is 70.2 Å². The molecule has 3 aromatic carbocycles. The lowest BCUT2D eigenvalue weighted by atomic mass is 9.91. The Morgan fingerprint density at radius 2 is 0.914 bits per heavy atom. The molecule has 0 aliphatic rings. The van der Waals surface area contributed by atoms with Crippen LogP contribution < -0.4 is 0 Å². The van der Waals surface area contributed by atoms with Crippen molar-refractivity contribution in [3.8, 4) is 66.0 Å². The maximum atomic E-state index is 5.41. The number of aromatic nitrogens is 5. The van der Waals surface area contributed by atoms with Gasteiger partial charge >= 0.3 is 0 Å². The van der Waals surface area contributed by atoms with E-state index in [-0.39, 0.29) is 0 Å². The van der Waals surface area contributed by atoms with E-state index in [4.69, 9.17) is 24.9 Å². The summed E-state index contributed by atoms with van der Waals surface area (Å²) in [5.41, 5.74) is 9.03. The second kappa shape index (κ2) is 20.7. The van der Waals surface area contributed by atoms with E-state index >= 15 is 0 Å². The van der Waals surface area contributed by atoms with Gasteiger partial charge < -0.3 is 0 Å². The number of hydrogen-bond donors (Lipinski definition) is 0. The molecule has 4 aromatic heterocycles. The van der Waals surface area contributed by atoms with Gasteiger partial charge in [-0.25, -0.2) is 24.9 Å². The Morgan fingerprint density at radius 3 is 1.52 bits per heavy atom. The zero-order valence-corrected chi connectivity index (χ0v) is 36.4. The van der Waals surface area contributed by atoms with Crippen LogP contribution in [0.5, 0.6) is 0 Å². The molecule has 0 atom stereocenters. The highest BCUT2D eigenvalue weighted by molar-refractivity contribution is 7.23. The SMILES string of the molecule is CCCCCCCCc1cc(-c2cc(-c3ccc(-c4ccc(C)s4)s3)nc(-c3nc(-c4ccccc4)nc(-c4ccccc4)n3)n2)c(CCCCCCCC)cc1C. The number of rotatable bonds is 20. The first-order valence-electron chi connectivity index (χ1n) is 21.5. The van der Waals surface area contributed by atoms with Crippen molar-refractivity contribution in [1.82, 2.24) is 24.9 Å². The van der Waals surface area contributed by atoms with Crippen LogP contribution in [0.1, 0.15) is 112 Å². The first-order chi connectivity index (χ1) is 28.5. The highest BCUT2D eigenvalue weighted by atomic mass is 32.1. The minimum absolute atomic E-state index is 0.471. The molecule has 7 rings (SSSR count). The summed E-state index contributed by atoms with van der Waals surface area (Å²) in [6.45, 7) is 9.04. The zero-order chi connectivity index (χ0) is 40.1. The van der Waals surface area contributed by atoms with Crippen molar-refractivity contribution >= 4 is 22.7 Å². The van der Waals surface area contributed by atoms with Crippen LogP contribution in [-0.4, -0.2) is 24.9 Å². The van der Waals surface area contributed by atoms with Crippen molar-refractivity contribution in [2.45, 2.75) is 118 Å². The Kier molecular flexibility index (Phi) is 14.8. The molecule has 7 aromatic rings. The molecular formula is C51H57N5S2. The quantitative estimate of drug-likeness (QED) is 0.0718. The summed E-state index contributed by atoms with van der Waals surface area (Å²) in [7, 11) is 0. The zero-order valence-electron chi connectivity index (χ0n) is 34.8. The van der Waals surface area contributed by atoms with Crippen LogP contribution in [-0.2, 0) is 12.8 Å². The van der Waals surface area contributed by atoms with Crippen molar-refractivity contribution in [3.05, 3.63) is 125 Å². The number of nitrogens with zero attached hydrogens (tertiary/aromatic N) is 5. The van der Waals surface area contributed by atoms with Gasteiger partial charge in [-0.05, 0) is 92.6 Å². The first-order valence-corrected chi connectivity index (χ1v) is 23.2. The van der Waals surface area contributed by atoms with Gasteiger partial charge in [0.15, 0.2) is 17.5 Å². The van der Waals surface area contributed by atoms with Gasteiger partial charge in [0, 0.05) is 31.3 Å². The molecule has 4 heterocycles. The van der Waals surface area contributed by atoms with Gasteiger partial charge in [-0.3, -0.25) is 0 Å². The van der Waals surface area contributed by atoms with E-state index in [0.717, 1.165) is 40.2 Å². The van der Waals surface area contributed by atoms with Crippen molar-refractivity contribution in [2.75, 3.05) is 0 Å². The number of hydrogen-bond acceptors (Lipinski definition) is 7. The molecule has 0 aliphatic heterocycles. The summed E-state index contributed by atoms with van der Waals surface area (Å²) < 4.78 is 0. The Hall–Kier alpha value is -4.85. The van der Waals surface area contributed by atoms with Crippen molar-refractivity contribution < 1.29 is 0 Å². The Morgan fingerprint density at radius 1 is 0.414 bits per heavy atom. The molecular weight excluding hydrogens is 747 g/mol. The minimum atomic E-state index is 0.471. The first kappa shape index (κ1) is 41.3. The molecule has 0 aliphatic carbocycles. The Balaban J connectivity index is 1.36. The van der Waals surface area contributed by atoms with E-state index in [1.54, 1.807) is 11.3 Å². The minimum Gasteiger partial charge on any atom is -0.225 e. The lowest BCUT2D eigenvalue weighted by Crippen LogP contribution is -2.05. The standard InChI is InChI=1S/C51H57N5S2/c1-5-7-9-11-13-17-27-40-34-42(41(33-36(40)3)28-18-14-12-10-8-6-2)43-35-44(45-31-32-47(58-45)46-30-29-37(4)57-46)53-50(52-43)51-55-48(38-23-19-15-20-24-38)54-49(56-51)39-25-21-16-22-26-39/h15-16,19-26,29-35H,5-14,17-18,27-28H2,1-4H3. The topological polar surface area (TPSA) is 64.5 Å². The summed E-state index contributed by atoms with van der Waals surface area (Å²) in [4.78, 5) is 30.8. The fourth-order valence-electron chi connectivity index (χ4n) is 7.61. The normalized spacial score (nSPS) is 11.4. The van der Waals surface area contributed by atoms with E-state index in [1.165, 1.54) is 114 Å². The van der Waals surface area contributed by atoms with Gasteiger partial charge in [0.2, 0.25) is 5.82 Å². The molecule has 0 bridgehead atoms. The number of benzene rings is 3. The summed E-state index contributed by atoms with van der Waals surface area (Å²) >= 11 is 3.61. The molecule has 5 nitrogen and oxygen atoms in total. The van der Waals surface area contributed by atoms with E-state index in [0.29, 0.717) is 23.3 Å². The molecule has 0 radical (unpaired) electrons. The molecule has 0 unspecified atom stereocenters. The third-order valence-electron chi connectivity index (χ3n) is 10.9. The summed E-state index contributed by atoms with van der Waals surface area (Å²) in [5.74, 6) is 2.19. The van der Waals surface area contributed by atoms with Crippen molar-refractivity contribution in [3.63, 3.8) is 0 Å². The van der Waals surface area contributed by atoms with Crippen molar-refractivity contribution in [2.24, 2.45) is 0 Å². The van der Waals surface area contributed by atoms with Gasteiger partial charge in [-0.1, -0.05) is 145 Å². The average molecular weight is 804 g/mol. The summed E-state index contributed by atoms with van der Waals surface area (Å²) in [6, 6.07) is 36.3. The fraction of sp³-hybridized carbons (Fsp3) is 0.353. The van der Waals surface area contributed by atoms with Crippen LogP contribution in [0.15, 0.2) is 103 Å². The molecule has 298 valence electrons. The fourth-order valence-corrected chi connectivity index (χ4v) is 9.54. The van der Waals surface area contributed by atoms with Gasteiger partial charge in [-0.15, -0.1) is 22.7 Å². The Bertz CT molecular complexity index is 2300. The molecule has 0 saturated heterocycles. The van der Waals surface area contributed by atoms with Crippen LogP contribution in [0.4, 0.5) is 0 Å². The van der Waals surface area contributed by atoms with Crippen LogP contribution in [0.2, 0.25) is 0 Å². The smallest absolute Gasteiger partial charge is 0.201 e. The molecule has 58 heavy (non-hydrogen) atoms. The summed E-state index contributed by atoms with van der Waals surface area (Å²) in [6.07, 6.45) is 17.4. The Labute approximate surface area is 354 Å². The molecule has 7 heteroatoms. The molecule has 0 fully saturated rings. The highest BCUT2D eigenvalue weighted by Gasteiger charge is 2.20. The maximum Gasteiger partial charge on any atom is 0.201 e. The van der Waals surface area contributed by atoms with Crippen LogP contribution in [0.25, 0.3) is 66.0 Å². The lowest BCUT2D eigenvalue weighted by molar-refractivity contribution is 0.605. The van der Waals surface area contributed by atoms with Crippen molar-refractivity contribution in [1.29, 1.82) is 0 Å². The third kappa shape index (κ3) is 10.8.